The SMILES string of the molecule is C=C(CCNC(=O)c1cc(Cl)ccc1NS(=O)(=O)c1ccc(S(C)(=O)=O)cc1)C(F)(F)F. The molecule has 2 aromatic carbocycles. The van der Waals surface area contributed by atoms with Crippen molar-refractivity contribution in [1.82, 2.24) is 5.32 Å². The summed E-state index contributed by atoms with van der Waals surface area (Å²) in [7, 11) is -7.76. The van der Waals surface area contributed by atoms with Gasteiger partial charge in [-0.15, -0.1) is 0 Å². The zero-order valence-corrected chi connectivity index (χ0v) is 18.9. The Hall–Kier alpha value is -2.57. The highest BCUT2D eigenvalue weighted by atomic mass is 35.5. The number of sulfone groups is 1. The summed E-state index contributed by atoms with van der Waals surface area (Å²) in [5.74, 6) is -0.854. The quantitative estimate of drug-likeness (QED) is 0.525. The molecule has 2 N–H and O–H groups in total. The topological polar surface area (TPSA) is 109 Å². The van der Waals surface area contributed by atoms with Gasteiger partial charge in [0, 0.05) is 23.4 Å². The molecular weight excluding hydrogens is 493 g/mol. The maximum atomic E-state index is 12.7. The van der Waals surface area contributed by atoms with Crippen LogP contribution in [0.1, 0.15) is 16.8 Å². The van der Waals surface area contributed by atoms with Crippen molar-refractivity contribution in [2.24, 2.45) is 0 Å². The van der Waals surface area contributed by atoms with Gasteiger partial charge >= 0.3 is 6.18 Å². The molecular formula is C19H18ClF3N2O5S2. The van der Waals surface area contributed by atoms with Crippen LogP contribution in [0.3, 0.4) is 0 Å². The molecule has 0 atom stereocenters. The molecule has 0 spiro atoms. The predicted molar refractivity (Wildman–Crippen MR) is 114 cm³/mol. The van der Waals surface area contributed by atoms with Crippen LogP contribution in [0.4, 0.5) is 18.9 Å². The third-order valence-electron chi connectivity index (χ3n) is 4.15. The van der Waals surface area contributed by atoms with E-state index in [1.807, 2.05) is 0 Å². The number of amides is 1. The third kappa shape index (κ3) is 6.71. The molecule has 0 unspecified atom stereocenters. The fraction of sp³-hybridized carbons (Fsp3) is 0.211. The molecule has 0 radical (unpaired) electrons. The van der Waals surface area contributed by atoms with Gasteiger partial charge in [-0.2, -0.15) is 13.2 Å². The summed E-state index contributed by atoms with van der Waals surface area (Å²) in [5.41, 5.74) is -1.41. The number of hydrogen-bond donors (Lipinski definition) is 2. The van der Waals surface area contributed by atoms with Crippen LogP contribution in [0.15, 0.2) is 64.4 Å². The number of sulfonamides is 1. The average molecular weight is 511 g/mol. The number of anilines is 1. The van der Waals surface area contributed by atoms with Crippen molar-refractivity contribution >= 4 is 43.1 Å². The molecule has 0 aliphatic carbocycles. The fourth-order valence-corrected chi connectivity index (χ4v) is 4.31. The number of carbonyl (C=O) groups is 1. The van der Waals surface area contributed by atoms with E-state index in [9.17, 15) is 34.8 Å². The van der Waals surface area contributed by atoms with E-state index in [4.69, 9.17) is 11.6 Å². The van der Waals surface area contributed by atoms with Crippen molar-refractivity contribution in [1.29, 1.82) is 0 Å². The summed E-state index contributed by atoms with van der Waals surface area (Å²) in [5, 5.41) is 2.35. The Labute approximate surface area is 188 Å². The minimum Gasteiger partial charge on any atom is -0.352 e. The summed E-state index contributed by atoms with van der Waals surface area (Å²) in [4.78, 5) is 12.1. The Morgan fingerprint density at radius 1 is 1.03 bits per heavy atom. The molecule has 1 amide bonds. The highest BCUT2D eigenvalue weighted by molar-refractivity contribution is 7.92. The lowest BCUT2D eigenvalue weighted by Crippen LogP contribution is -2.27. The fourth-order valence-electron chi connectivity index (χ4n) is 2.43. The molecule has 0 saturated heterocycles. The number of alkyl halides is 3. The molecule has 0 heterocycles. The number of benzene rings is 2. The van der Waals surface area contributed by atoms with E-state index < -0.39 is 43.9 Å². The largest absolute Gasteiger partial charge is 0.412 e. The van der Waals surface area contributed by atoms with E-state index in [0.717, 1.165) is 36.6 Å². The van der Waals surface area contributed by atoms with E-state index in [0.29, 0.717) is 0 Å². The summed E-state index contributed by atoms with van der Waals surface area (Å²) in [6.07, 6.45) is -4.17. The molecule has 0 aromatic heterocycles. The first-order valence-corrected chi connectivity index (χ1v) is 12.5. The molecule has 174 valence electrons. The van der Waals surface area contributed by atoms with Gasteiger partial charge in [-0.25, -0.2) is 16.8 Å². The first-order valence-electron chi connectivity index (χ1n) is 8.77. The van der Waals surface area contributed by atoms with Gasteiger partial charge in [-0.1, -0.05) is 18.2 Å². The zero-order chi connectivity index (χ0) is 24.3. The average Bonchev–Trinajstić information content (AvgIpc) is 2.67. The number of rotatable bonds is 8. The van der Waals surface area contributed by atoms with E-state index in [1.54, 1.807) is 0 Å². The van der Waals surface area contributed by atoms with Crippen LogP contribution in [0.2, 0.25) is 5.02 Å². The Bertz CT molecular complexity index is 1240. The molecule has 0 bridgehead atoms. The van der Waals surface area contributed by atoms with Gasteiger partial charge < -0.3 is 5.32 Å². The van der Waals surface area contributed by atoms with Crippen LogP contribution in [0.25, 0.3) is 0 Å². The second kappa shape index (κ2) is 9.51. The molecule has 32 heavy (non-hydrogen) atoms. The Balaban J connectivity index is 2.23. The summed E-state index contributed by atoms with van der Waals surface area (Å²) >= 11 is 5.88. The highest BCUT2D eigenvalue weighted by Gasteiger charge is 2.31. The second-order valence-electron chi connectivity index (χ2n) is 6.65. The second-order valence-corrected chi connectivity index (χ2v) is 10.8. The summed E-state index contributed by atoms with van der Waals surface area (Å²) in [6, 6.07) is 8.08. The van der Waals surface area contributed by atoms with Crippen molar-refractivity contribution in [3.8, 4) is 0 Å². The van der Waals surface area contributed by atoms with Crippen LogP contribution in [0.5, 0.6) is 0 Å². The van der Waals surface area contributed by atoms with Crippen molar-refractivity contribution in [3.63, 3.8) is 0 Å². The monoisotopic (exact) mass is 510 g/mol. The first kappa shape index (κ1) is 25.7. The van der Waals surface area contributed by atoms with E-state index in [-0.39, 0.29) is 32.6 Å². The number of hydrogen-bond acceptors (Lipinski definition) is 5. The van der Waals surface area contributed by atoms with Crippen molar-refractivity contribution < 1.29 is 34.8 Å². The van der Waals surface area contributed by atoms with Crippen LogP contribution in [0, 0.1) is 0 Å². The number of nitrogens with one attached hydrogen (secondary N) is 2. The first-order chi connectivity index (χ1) is 14.6. The number of carbonyl (C=O) groups excluding carboxylic acids is 1. The lowest BCUT2D eigenvalue weighted by atomic mass is 10.1. The molecule has 0 fully saturated rings. The summed E-state index contributed by atoms with van der Waals surface area (Å²) < 4.78 is 88.1. The maximum absolute atomic E-state index is 12.7. The van der Waals surface area contributed by atoms with Gasteiger partial charge in [-0.05, 0) is 48.9 Å². The van der Waals surface area contributed by atoms with E-state index in [1.165, 1.54) is 12.1 Å². The smallest absolute Gasteiger partial charge is 0.352 e. The molecule has 0 aliphatic heterocycles. The normalized spacial score (nSPS) is 12.3. The minimum atomic E-state index is -4.59. The standard InChI is InChI=1S/C19H18ClF3N2O5S2/c1-12(19(21,22)23)9-10-24-18(26)16-11-13(20)3-8-17(16)25-32(29,30)15-6-4-14(5-7-15)31(2,27)28/h3-8,11,25H,1,9-10H2,2H3,(H,24,26). The summed E-state index contributed by atoms with van der Waals surface area (Å²) in [6.45, 7) is 2.52. The Morgan fingerprint density at radius 2 is 1.59 bits per heavy atom. The van der Waals surface area contributed by atoms with E-state index >= 15 is 0 Å². The predicted octanol–water partition coefficient (Wildman–Crippen LogP) is 3.78. The van der Waals surface area contributed by atoms with E-state index in [2.05, 4.69) is 16.6 Å². The molecule has 13 heteroatoms. The van der Waals surface area contributed by atoms with Gasteiger partial charge in [0.2, 0.25) is 0 Å². The van der Waals surface area contributed by atoms with Gasteiger partial charge in [0.15, 0.2) is 9.84 Å². The van der Waals surface area contributed by atoms with Crippen LogP contribution < -0.4 is 10.0 Å². The maximum Gasteiger partial charge on any atom is 0.412 e. The van der Waals surface area contributed by atoms with Crippen LogP contribution in [-0.2, 0) is 19.9 Å². The zero-order valence-electron chi connectivity index (χ0n) is 16.5. The number of halogens is 4. The molecule has 0 aliphatic rings. The van der Waals surface area contributed by atoms with Crippen molar-refractivity contribution in [3.05, 3.63) is 65.2 Å². The van der Waals surface area contributed by atoms with Crippen LogP contribution >= 0.6 is 11.6 Å². The molecule has 2 aromatic rings. The Morgan fingerprint density at radius 3 is 2.12 bits per heavy atom. The van der Waals surface area contributed by atoms with Crippen molar-refractivity contribution in [2.45, 2.75) is 22.4 Å². The minimum absolute atomic E-state index is 0.0801. The van der Waals surface area contributed by atoms with Gasteiger partial charge in [0.05, 0.1) is 21.0 Å². The van der Waals surface area contributed by atoms with Gasteiger partial charge in [-0.3, -0.25) is 9.52 Å². The molecule has 2 rings (SSSR count). The Kier molecular flexibility index (Phi) is 7.63. The molecule has 7 nitrogen and oxygen atoms in total. The third-order valence-corrected chi connectivity index (χ3v) is 6.89. The van der Waals surface area contributed by atoms with Crippen molar-refractivity contribution in [2.75, 3.05) is 17.5 Å². The van der Waals surface area contributed by atoms with Gasteiger partial charge in [0.1, 0.15) is 0 Å². The lowest BCUT2D eigenvalue weighted by molar-refractivity contribution is -0.0934. The molecule has 0 saturated carbocycles. The van der Waals surface area contributed by atoms with Crippen LogP contribution in [-0.4, -0.2) is 41.7 Å². The van der Waals surface area contributed by atoms with Gasteiger partial charge in [0.25, 0.3) is 15.9 Å². The highest BCUT2D eigenvalue weighted by Crippen LogP contribution is 2.27. The lowest BCUT2D eigenvalue weighted by Gasteiger charge is -2.14.